The van der Waals surface area contributed by atoms with Crippen LogP contribution >= 0.6 is 15.9 Å². The summed E-state index contributed by atoms with van der Waals surface area (Å²) in [5.74, 6) is -0.275. The highest BCUT2D eigenvalue weighted by Crippen LogP contribution is 2.63. The Hall–Kier alpha value is -2.19. The molecular formula is C26H35BrN6O. The Morgan fingerprint density at radius 3 is 2.62 bits per heavy atom. The zero-order valence-electron chi connectivity index (χ0n) is 20.4. The summed E-state index contributed by atoms with van der Waals surface area (Å²) in [4.78, 5) is 29.8. The molecule has 0 bridgehead atoms. The van der Waals surface area contributed by atoms with Crippen molar-refractivity contribution in [1.29, 1.82) is 0 Å². The number of likely N-dealkylation sites (N-methyl/N-ethyl adjacent to an activating group) is 1. The molecule has 0 radical (unpaired) electrons. The second-order valence-electron chi connectivity index (χ2n) is 10.3. The number of pyridine rings is 1. The SMILES string of the molecule is CC(C)N/C=C/C(C(=O)N1CCN(C2C3=C(CCC34CC4)N=CN2C)CC1)c1ccc(Br)cn1. The van der Waals surface area contributed by atoms with Crippen LogP contribution in [0.5, 0.6) is 0 Å². The molecule has 1 spiro atoms. The minimum Gasteiger partial charge on any atom is -0.389 e. The molecule has 1 saturated heterocycles. The second kappa shape index (κ2) is 9.46. The molecule has 2 atom stereocenters. The Morgan fingerprint density at radius 1 is 1.21 bits per heavy atom. The number of nitrogens with one attached hydrogen (secondary N) is 1. The van der Waals surface area contributed by atoms with Crippen LogP contribution in [0.25, 0.3) is 0 Å². The highest BCUT2D eigenvalue weighted by molar-refractivity contribution is 9.10. The van der Waals surface area contributed by atoms with Crippen LogP contribution in [0.3, 0.4) is 0 Å². The molecule has 1 amide bonds. The van der Waals surface area contributed by atoms with Crippen LogP contribution in [0.4, 0.5) is 0 Å². The fourth-order valence-corrected chi connectivity index (χ4v) is 5.87. The van der Waals surface area contributed by atoms with Crippen molar-refractivity contribution < 1.29 is 4.79 Å². The summed E-state index contributed by atoms with van der Waals surface area (Å²) in [6, 6.07) is 4.20. The van der Waals surface area contributed by atoms with Gasteiger partial charge in [0.25, 0.3) is 0 Å². The van der Waals surface area contributed by atoms with Crippen molar-refractivity contribution in [2.24, 2.45) is 10.4 Å². The highest BCUT2D eigenvalue weighted by atomic mass is 79.9. The molecular weight excluding hydrogens is 492 g/mol. The number of halogens is 1. The molecule has 3 heterocycles. The van der Waals surface area contributed by atoms with Crippen LogP contribution in [0.2, 0.25) is 0 Å². The van der Waals surface area contributed by atoms with Crippen LogP contribution in [0.15, 0.2) is 51.3 Å². The third-order valence-electron chi connectivity index (χ3n) is 7.64. The average Bonchev–Trinajstić information content (AvgIpc) is 3.53. The van der Waals surface area contributed by atoms with Gasteiger partial charge in [0.1, 0.15) is 12.1 Å². The lowest BCUT2D eigenvalue weighted by molar-refractivity contribution is -0.134. The number of amides is 1. The molecule has 7 nitrogen and oxygen atoms in total. The summed E-state index contributed by atoms with van der Waals surface area (Å²) in [7, 11) is 2.14. The number of carbonyl (C=O) groups excluding carboxylic acids is 1. The van der Waals surface area contributed by atoms with Gasteiger partial charge in [0.05, 0.1) is 12.0 Å². The van der Waals surface area contributed by atoms with Gasteiger partial charge in [-0.3, -0.25) is 14.7 Å². The third-order valence-corrected chi connectivity index (χ3v) is 8.11. The molecule has 2 aliphatic heterocycles. The fraction of sp³-hybridized carbons (Fsp3) is 0.577. The predicted octanol–water partition coefficient (Wildman–Crippen LogP) is 3.71. The van der Waals surface area contributed by atoms with Crippen molar-refractivity contribution in [2.75, 3.05) is 33.2 Å². The van der Waals surface area contributed by atoms with Crippen molar-refractivity contribution in [2.45, 2.75) is 57.7 Å². The largest absolute Gasteiger partial charge is 0.389 e. The van der Waals surface area contributed by atoms with E-state index in [1.165, 1.54) is 25.0 Å². The van der Waals surface area contributed by atoms with Gasteiger partial charge < -0.3 is 15.1 Å². The summed E-state index contributed by atoms with van der Waals surface area (Å²) in [6.07, 6.45) is 12.9. The van der Waals surface area contributed by atoms with Gasteiger partial charge in [0.2, 0.25) is 5.91 Å². The number of carbonyl (C=O) groups is 1. The number of aromatic nitrogens is 1. The Morgan fingerprint density at radius 2 is 1.97 bits per heavy atom. The van der Waals surface area contributed by atoms with E-state index in [4.69, 9.17) is 4.99 Å². The number of hydrogen-bond acceptors (Lipinski definition) is 6. The van der Waals surface area contributed by atoms with Crippen LogP contribution in [0.1, 0.15) is 51.1 Å². The quantitative estimate of drug-likeness (QED) is 0.611. The molecule has 1 N–H and O–H groups in total. The lowest BCUT2D eigenvalue weighted by atomic mass is 9.93. The van der Waals surface area contributed by atoms with E-state index in [0.717, 1.165) is 42.8 Å². The number of allylic oxidation sites excluding steroid dienone is 1. The van der Waals surface area contributed by atoms with E-state index >= 15 is 0 Å². The number of nitrogens with zero attached hydrogens (tertiary/aromatic N) is 5. The molecule has 5 rings (SSSR count). The Balaban J connectivity index is 1.29. The molecule has 4 aliphatic rings. The maximum absolute atomic E-state index is 13.6. The molecule has 1 aromatic heterocycles. The van der Waals surface area contributed by atoms with E-state index in [1.807, 2.05) is 35.6 Å². The molecule has 0 aromatic carbocycles. The van der Waals surface area contributed by atoms with Crippen LogP contribution < -0.4 is 5.32 Å². The highest BCUT2D eigenvalue weighted by Gasteiger charge is 2.55. The standard InChI is InChI=1S/C26H35BrN6O/c1-18(2)28-11-7-20(21-5-4-19(27)16-29-21)25(34)33-14-12-32(13-15-33)24-23-22(30-17-31(24)3)6-8-26(23)9-10-26/h4-5,7,11,16-18,20,24,28H,6,8-10,12-15H2,1-3H3/b11-7+. The number of piperazine rings is 1. The molecule has 182 valence electrons. The number of aliphatic imine (C=N–C) groups is 1. The van der Waals surface area contributed by atoms with Crippen molar-refractivity contribution in [3.8, 4) is 0 Å². The Kier molecular flexibility index (Phi) is 6.55. The first-order chi connectivity index (χ1) is 16.4. The summed E-state index contributed by atoms with van der Waals surface area (Å²) in [5, 5.41) is 3.29. The lowest BCUT2D eigenvalue weighted by Crippen LogP contribution is -2.58. The molecule has 2 aliphatic carbocycles. The Labute approximate surface area is 211 Å². The van der Waals surface area contributed by atoms with Crippen LogP contribution in [-0.2, 0) is 4.79 Å². The van der Waals surface area contributed by atoms with Gasteiger partial charge in [-0.25, -0.2) is 4.99 Å². The van der Waals surface area contributed by atoms with E-state index in [0.29, 0.717) is 11.5 Å². The summed E-state index contributed by atoms with van der Waals surface area (Å²) < 4.78 is 0.912. The predicted molar refractivity (Wildman–Crippen MR) is 138 cm³/mol. The minimum absolute atomic E-state index is 0.120. The average molecular weight is 528 g/mol. The van der Waals surface area contributed by atoms with Crippen molar-refractivity contribution in [3.05, 3.63) is 52.0 Å². The number of rotatable bonds is 6. The molecule has 1 aromatic rings. The maximum Gasteiger partial charge on any atom is 0.235 e. The first-order valence-electron chi connectivity index (χ1n) is 12.4. The first-order valence-corrected chi connectivity index (χ1v) is 13.2. The van der Waals surface area contributed by atoms with Gasteiger partial charge >= 0.3 is 0 Å². The lowest BCUT2D eigenvalue weighted by Gasteiger charge is -2.45. The maximum atomic E-state index is 13.6. The van der Waals surface area contributed by atoms with E-state index in [2.05, 4.69) is 56.9 Å². The third kappa shape index (κ3) is 4.54. The summed E-state index contributed by atoms with van der Waals surface area (Å²) in [6.45, 7) is 7.37. The van der Waals surface area contributed by atoms with Gasteiger partial charge in [-0.2, -0.15) is 0 Å². The topological polar surface area (TPSA) is 64.1 Å². The van der Waals surface area contributed by atoms with Gasteiger partial charge in [0, 0.05) is 55.6 Å². The Bertz CT molecular complexity index is 1000. The summed E-state index contributed by atoms with van der Waals surface area (Å²) in [5.41, 5.74) is 4.07. The van der Waals surface area contributed by atoms with Crippen LogP contribution in [0, 0.1) is 5.41 Å². The summed E-state index contributed by atoms with van der Waals surface area (Å²) >= 11 is 3.45. The van der Waals surface area contributed by atoms with Gasteiger partial charge in [-0.15, -0.1) is 0 Å². The van der Waals surface area contributed by atoms with Gasteiger partial charge in [-0.05, 0) is 84.8 Å². The molecule has 8 heteroatoms. The fourth-order valence-electron chi connectivity index (χ4n) is 5.63. The number of hydrogen-bond donors (Lipinski definition) is 1. The second-order valence-corrected chi connectivity index (χ2v) is 11.3. The zero-order chi connectivity index (χ0) is 23.9. The van der Waals surface area contributed by atoms with E-state index < -0.39 is 5.92 Å². The van der Waals surface area contributed by atoms with Crippen molar-refractivity contribution in [1.82, 2.24) is 25.0 Å². The molecule has 2 unspecified atom stereocenters. The van der Waals surface area contributed by atoms with Gasteiger partial charge in [0.15, 0.2) is 0 Å². The molecule has 2 fully saturated rings. The normalized spacial score (nSPS) is 24.9. The zero-order valence-corrected chi connectivity index (χ0v) is 22.0. The van der Waals surface area contributed by atoms with E-state index in [1.54, 1.807) is 11.8 Å². The monoisotopic (exact) mass is 526 g/mol. The smallest absolute Gasteiger partial charge is 0.235 e. The number of fused-ring (bicyclic) bond motifs is 1. The van der Waals surface area contributed by atoms with Gasteiger partial charge in [-0.1, -0.05) is 6.08 Å². The molecule has 34 heavy (non-hydrogen) atoms. The van der Waals surface area contributed by atoms with Crippen molar-refractivity contribution in [3.63, 3.8) is 0 Å². The van der Waals surface area contributed by atoms with Crippen LogP contribution in [-0.4, -0.2) is 77.4 Å². The van der Waals surface area contributed by atoms with E-state index in [9.17, 15) is 4.79 Å². The van der Waals surface area contributed by atoms with Crippen molar-refractivity contribution >= 4 is 28.2 Å². The molecule has 1 saturated carbocycles. The van der Waals surface area contributed by atoms with E-state index in [-0.39, 0.29) is 12.1 Å². The minimum atomic E-state index is -0.394. The first kappa shape index (κ1) is 23.5.